The van der Waals surface area contributed by atoms with E-state index in [-0.39, 0.29) is 11.7 Å². The van der Waals surface area contributed by atoms with E-state index in [0.717, 1.165) is 19.0 Å². The molecule has 0 saturated carbocycles. The number of amides is 1. The molecule has 1 aliphatic rings. The summed E-state index contributed by atoms with van der Waals surface area (Å²) in [6.45, 7) is 0.475. The Labute approximate surface area is 119 Å². The summed E-state index contributed by atoms with van der Waals surface area (Å²) < 4.78 is 26.6. The van der Waals surface area contributed by atoms with Crippen molar-refractivity contribution < 1.29 is 13.6 Å². The van der Waals surface area contributed by atoms with Gasteiger partial charge in [0.05, 0.1) is 12.2 Å². The number of hydrogen-bond acceptors (Lipinski definition) is 4. The van der Waals surface area contributed by atoms with E-state index in [0.29, 0.717) is 24.9 Å². The lowest BCUT2D eigenvalue weighted by Gasteiger charge is -2.34. The third kappa shape index (κ3) is 2.61. The molecule has 110 valence electrons. The largest absolute Gasteiger partial charge is 0.327 e. The number of nitrogens with one attached hydrogen (secondary N) is 1. The summed E-state index contributed by atoms with van der Waals surface area (Å²) in [4.78, 5) is 21.6. The number of aromatic nitrogens is 4. The Morgan fingerprint density at radius 1 is 1.33 bits per heavy atom. The summed E-state index contributed by atoms with van der Waals surface area (Å²) in [6.07, 6.45) is 4.67. The molecule has 3 rings (SSSR count). The lowest BCUT2D eigenvalue weighted by atomic mass is 10.0. The quantitative estimate of drug-likeness (QED) is 0.917. The van der Waals surface area contributed by atoms with Crippen molar-refractivity contribution in [1.82, 2.24) is 25.1 Å². The molecule has 8 heteroatoms. The average Bonchev–Trinajstić information content (AvgIpc) is 3.01. The molecule has 1 aliphatic heterocycles. The van der Waals surface area contributed by atoms with Crippen molar-refractivity contribution in [2.24, 2.45) is 0 Å². The van der Waals surface area contributed by atoms with Gasteiger partial charge in [0, 0.05) is 12.6 Å². The number of rotatable bonds is 2. The number of halogens is 2. The predicted molar refractivity (Wildman–Crippen MR) is 68.2 cm³/mol. The van der Waals surface area contributed by atoms with E-state index in [1.54, 1.807) is 0 Å². The van der Waals surface area contributed by atoms with Gasteiger partial charge in [0.15, 0.2) is 11.5 Å². The van der Waals surface area contributed by atoms with Gasteiger partial charge in [-0.3, -0.25) is 9.89 Å². The second-order valence-corrected chi connectivity index (χ2v) is 4.86. The summed E-state index contributed by atoms with van der Waals surface area (Å²) in [7, 11) is 0. The maximum Gasteiger partial charge on any atom is 0.276 e. The van der Waals surface area contributed by atoms with Crippen LogP contribution in [0.1, 0.15) is 41.6 Å². The van der Waals surface area contributed by atoms with Gasteiger partial charge in [0.25, 0.3) is 5.91 Å². The molecule has 1 fully saturated rings. The van der Waals surface area contributed by atoms with Crippen LogP contribution in [0, 0.1) is 11.6 Å². The third-order valence-corrected chi connectivity index (χ3v) is 3.52. The molecule has 0 bridgehead atoms. The predicted octanol–water partition coefficient (Wildman–Crippen LogP) is 1.85. The fraction of sp³-hybridized carbons (Fsp3) is 0.385. The Morgan fingerprint density at radius 2 is 2.19 bits per heavy atom. The van der Waals surface area contributed by atoms with Crippen LogP contribution in [0.5, 0.6) is 0 Å². The number of H-pyrrole nitrogens is 1. The fourth-order valence-corrected chi connectivity index (χ4v) is 2.54. The number of aromatic amines is 1. The zero-order valence-corrected chi connectivity index (χ0v) is 11.1. The van der Waals surface area contributed by atoms with Crippen LogP contribution in [-0.4, -0.2) is 37.5 Å². The van der Waals surface area contributed by atoms with Crippen molar-refractivity contribution in [2.75, 3.05) is 6.54 Å². The van der Waals surface area contributed by atoms with Gasteiger partial charge in [0.2, 0.25) is 0 Å². The van der Waals surface area contributed by atoms with E-state index in [1.165, 1.54) is 11.2 Å². The monoisotopic (exact) mass is 293 g/mol. The van der Waals surface area contributed by atoms with Crippen molar-refractivity contribution in [3.63, 3.8) is 0 Å². The Hall–Kier alpha value is -2.38. The molecule has 1 N–H and O–H groups in total. The number of carbonyl (C=O) groups is 1. The topological polar surface area (TPSA) is 74.8 Å². The first-order valence-corrected chi connectivity index (χ1v) is 6.64. The van der Waals surface area contributed by atoms with Gasteiger partial charge < -0.3 is 4.90 Å². The van der Waals surface area contributed by atoms with Crippen LogP contribution < -0.4 is 0 Å². The van der Waals surface area contributed by atoms with Gasteiger partial charge in [0.1, 0.15) is 18.0 Å². The highest BCUT2D eigenvalue weighted by Crippen LogP contribution is 2.29. The summed E-state index contributed by atoms with van der Waals surface area (Å²) in [5.41, 5.74) is -0.372. The van der Waals surface area contributed by atoms with Gasteiger partial charge in [-0.25, -0.2) is 18.7 Å². The Morgan fingerprint density at radius 3 is 2.90 bits per heavy atom. The van der Waals surface area contributed by atoms with Gasteiger partial charge in [-0.1, -0.05) is 0 Å². The van der Waals surface area contributed by atoms with Crippen LogP contribution in [0.15, 0.2) is 18.6 Å². The first kappa shape index (κ1) is 13.6. The average molecular weight is 293 g/mol. The summed E-state index contributed by atoms with van der Waals surface area (Å²) in [6, 6.07) is 0.369. The maximum absolute atomic E-state index is 13.7. The minimum Gasteiger partial charge on any atom is -0.327 e. The Bertz CT molecular complexity index is 646. The summed E-state index contributed by atoms with van der Waals surface area (Å²) in [5.74, 6) is -1.77. The van der Waals surface area contributed by atoms with Gasteiger partial charge >= 0.3 is 0 Å². The molecule has 1 atom stereocenters. The summed E-state index contributed by atoms with van der Waals surface area (Å²) >= 11 is 0. The molecular weight excluding hydrogens is 280 g/mol. The van der Waals surface area contributed by atoms with E-state index in [4.69, 9.17) is 0 Å². The van der Waals surface area contributed by atoms with Crippen LogP contribution in [0.4, 0.5) is 8.78 Å². The smallest absolute Gasteiger partial charge is 0.276 e. The van der Waals surface area contributed by atoms with E-state index < -0.39 is 17.5 Å². The molecule has 0 aliphatic carbocycles. The first-order valence-electron chi connectivity index (χ1n) is 6.64. The van der Waals surface area contributed by atoms with E-state index in [2.05, 4.69) is 20.2 Å². The first-order chi connectivity index (χ1) is 10.2. The molecule has 0 spiro atoms. The highest BCUT2D eigenvalue weighted by molar-refractivity contribution is 5.92. The minimum absolute atomic E-state index is 0.292. The maximum atomic E-state index is 13.7. The zero-order valence-electron chi connectivity index (χ0n) is 11.1. The SMILES string of the molecule is O=C(c1ncc(F)cc1F)N1CCCCC1c1ncn[nH]1. The molecule has 1 amide bonds. The zero-order chi connectivity index (χ0) is 14.8. The minimum atomic E-state index is -0.957. The molecular formula is C13H13F2N5O. The molecule has 0 aromatic carbocycles. The van der Waals surface area contributed by atoms with Crippen LogP contribution in [-0.2, 0) is 0 Å². The highest BCUT2D eigenvalue weighted by atomic mass is 19.1. The molecule has 2 aromatic rings. The van der Waals surface area contributed by atoms with Crippen LogP contribution in [0.3, 0.4) is 0 Å². The molecule has 1 saturated heterocycles. The fourth-order valence-electron chi connectivity index (χ4n) is 2.54. The standard InChI is InChI=1S/C13H13F2N5O/c14-8-5-9(15)11(16-6-8)13(21)20-4-2-1-3-10(20)12-17-7-18-19-12/h5-7,10H,1-4H2,(H,17,18,19). The van der Waals surface area contributed by atoms with Crippen molar-refractivity contribution in [3.05, 3.63) is 41.7 Å². The van der Waals surface area contributed by atoms with E-state index in [9.17, 15) is 13.6 Å². The molecule has 1 unspecified atom stereocenters. The van der Waals surface area contributed by atoms with Gasteiger partial charge in [-0.15, -0.1) is 0 Å². The van der Waals surface area contributed by atoms with Crippen molar-refractivity contribution >= 4 is 5.91 Å². The van der Waals surface area contributed by atoms with Gasteiger partial charge in [-0.2, -0.15) is 5.10 Å². The molecule has 6 nitrogen and oxygen atoms in total. The Kier molecular flexibility index (Phi) is 3.59. The number of carbonyl (C=O) groups excluding carboxylic acids is 1. The number of likely N-dealkylation sites (tertiary alicyclic amines) is 1. The molecule has 3 heterocycles. The van der Waals surface area contributed by atoms with E-state index in [1.807, 2.05) is 0 Å². The van der Waals surface area contributed by atoms with Crippen molar-refractivity contribution in [3.8, 4) is 0 Å². The molecule has 0 radical (unpaired) electrons. The number of nitrogens with zero attached hydrogens (tertiary/aromatic N) is 4. The normalized spacial score (nSPS) is 18.8. The van der Waals surface area contributed by atoms with Crippen LogP contribution in [0.2, 0.25) is 0 Å². The second kappa shape index (κ2) is 5.55. The Balaban J connectivity index is 1.91. The van der Waals surface area contributed by atoms with E-state index >= 15 is 0 Å². The molecule has 2 aromatic heterocycles. The molecule has 21 heavy (non-hydrogen) atoms. The van der Waals surface area contributed by atoms with Crippen molar-refractivity contribution in [1.29, 1.82) is 0 Å². The lowest BCUT2D eigenvalue weighted by molar-refractivity contribution is 0.0588. The lowest BCUT2D eigenvalue weighted by Crippen LogP contribution is -2.39. The number of piperidine rings is 1. The highest BCUT2D eigenvalue weighted by Gasteiger charge is 2.32. The third-order valence-electron chi connectivity index (χ3n) is 3.52. The number of pyridine rings is 1. The van der Waals surface area contributed by atoms with Crippen molar-refractivity contribution in [2.45, 2.75) is 25.3 Å². The number of hydrogen-bond donors (Lipinski definition) is 1. The van der Waals surface area contributed by atoms with Gasteiger partial charge in [-0.05, 0) is 19.3 Å². The van der Waals surface area contributed by atoms with Crippen LogP contribution in [0.25, 0.3) is 0 Å². The summed E-state index contributed by atoms with van der Waals surface area (Å²) in [5, 5.41) is 6.52. The second-order valence-electron chi connectivity index (χ2n) is 4.86. The van der Waals surface area contributed by atoms with Crippen LogP contribution >= 0.6 is 0 Å².